The number of carboxylic acid groups (broad SMARTS) is 1. The SMILES string of the molecule is CC(C)C1CCCCN1C(=O)CC1(C(=O)O)CCC1. The third-order valence-electron chi connectivity index (χ3n) is 4.89. The summed E-state index contributed by atoms with van der Waals surface area (Å²) in [5.74, 6) is -0.280. The molecule has 0 spiro atoms. The van der Waals surface area contributed by atoms with E-state index >= 15 is 0 Å². The second-order valence-corrected chi connectivity index (χ2v) is 6.51. The van der Waals surface area contributed by atoms with E-state index in [0.29, 0.717) is 24.8 Å². The Kier molecular flexibility index (Phi) is 4.16. The lowest BCUT2D eigenvalue weighted by Crippen LogP contribution is -2.50. The minimum absolute atomic E-state index is 0.0560. The molecule has 2 aliphatic rings. The summed E-state index contributed by atoms with van der Waals surface area (Å²) < 4.78 is 0. The van der Waals surface area contributed by atoms with E-state index in [9.17, 15) is 14.7 Å². The second-order valence-electron chi connectivity index (χ2n) is 6.51. The Balaban J connectivity index is 2.03. The van der Waals surface area contributed by atoms with Gasteiger partial charge in [-0.05, 0) is 38.0 Å². The van der Waals surface area contributed by atoms with Crippen LogP contribution in [-0.4, -0.2) is 34.5 Å². The first-order chi connectivity index (χ1) is 8.96. The maximum absolute atomic E-state index is 12.5. The van der Waals surface area contributed by atoms with Gasteiger partial charge < -0.3 is 10.0 Å². The van der Waals surface area contributed by atoms with Crippen LogP contribution < -0.4 is 0 Å². The molecule has 0 aromatic heterocycles. The fourth-order valence-corrected chi connectivity index (χ4v) is 3.42. The number of carbonyl (C=O) groups is 2. The molecular formula is C15H25NO3. The number of piperidine rings is 1. The third kappa shape index (κ3) is 2.77. The van der Waals surface area contributed by atoms with Crippen LogP contribution in [0, 0.1) is 11.3 Å². The minimum atomic E-state index is -0.787. The Morgan fingerprint density at radius 2 is 1.95 bits per heavy atom. The molecule has 2 rings (SSSR count). The number of aliphatic carboxylic acids is 1. The zero-order valence-corrected chi connectivity index (χ0v) is 12.0. The lowest BCUT2D eigenvalue weighted by Gasteiger charge is -2.42. The van der Waals surface area contributed by atoms with Gasteiger partial charge in [-0.3, -0.25) is 9.59 Å². The Morgan fingerprint density at radius 3 is 2.42 bits per heavy atom. The van der Waals surface area contributed by atoms with E-state index in [-0.39, 0.29) is 12.3 Å². The van der Waals surface area contributed by atoms with Gasteiger partial charge in [0.05, 0.1) is 5.41 Å². The van der Waals surface area contributed by atoms with Crippen LogP contribution >= 0.6 is 0 Å². The zero-order valence-electron chi connectivity index (χ0n) is 12.0. The number of carboxylic acids is 1. The smallest absolute Gasteiger partial charge is 0.310 e. The molecule has 0 radical (unpaired) electrons. The highest BCUT2D eigenvalue weighted by Crippen LogP contribution is 2.45. The highest BCUT2D eigenvalue weighted by molar-refractivity contribution is 5.86. The zero-order chi connectivity index (χ0) is 14.0. The molecule has 1 N–H and O–H groups in total. The molecule has 4 heteroatoms. The standard InChI is InChI=1S/C15H25NO3/c1-11(2)12-6-3-4-9-16(12)13(17)10-15(14(18)19)7-5-8-15/h11-12H,3-10H2,1-2H3,(H,18,19). The highest BCUT2D eigenvalue weighted by atomic mass is 16.4. The Morgan fingerprint density at radius 1 is 1.26 bits per heavy atom. The number of amides is 1. The largest absolute Gasteiger partial charge is 0.481 e. The molecule has 0 aromatic rings. The van der Waals surface area contributed by atoms with Crippen LogP contribution in [0.5, 0.6) is 0 Å². The van der Waals surface area contributed by atoms with Crippen molar-refractivity contribution in [1.29, 1.82) is 0 Å². The van der Waals surface area contributed by atoms with E-state index in [2.05, 4.69) is 13.8 Å². The summed E-state index contributed by atoms with van der Waals surface area (Å²) in [6.45, 7) is 5.09. The molecule has 4 nitrogen and oxygen atoms in total. The summed E-state index contributed by atoms with van der Waals surface area (Å²) >= 11 is 0. The van der Waals surface area contributed by atoms with Crippen LogP contribution in [0.3, 0.4) is 0 Å². The van der Waals surface area contributed by atoms with E-state index in [1.807, 2.05) is 4.90 Å². The number of hydrogen-bond acceptors (Lipinski definition) is 2. The summed E-state index contributed by atoms with van der Waals surface area (Å²) in [7, 11) is 0. The van der Waals surface area contributed by atoms with Gasteiger partial charge in [0.2, 0.25) is 5.91 Å². The first-order valence-electron chi connectivity index (χ1n) is 7.49. The molecule has 1 aliphatic heterocycles. The number of rotatable bonds is 4. The van der Waals surface area contributed by atoms with Crippen molar-refractivity contribution in [2.75, 3.05) is 6.54 Å². The van der Waals surface area contributed by atoms with Crippen LogP contribution in [0.25, 0.3) is 0 Å². The summed E-state index contributed by atoms with van der Waals surface area (Å²) in [6.07, 6.45) is 5.75. The molecule has 19 heavy (non-hydrogen) atoms. The van der Waals surface area contributed by atoms with Gasteiger partial charge in [0.15, 0.2) is 0 Å². The predicted molar refractivity (Wildman–Crippen MR) is 72.7 cm³/mol. The van der Waals surface area contributed by atoms with Crippen LogP contribution in [0.2, 0.25) is 0 Å². The number of carbonyl (C=O) groups excluding carboxylic acids is 1. The van der Waals surface area contributed by atoms with Gasteiger partial charge in [-0.1, -0.05) is 20.3 Å². The molecule has 1 unspecified atom stereocenters. The summed E-state index contributed by atoms with van der Waals surface area (Å²) in [6, 6.07) is 0.298. The molecule has 0 bridgehead atoms. The van der Waals surface area contributed by atoms with Crippen LogP contribution in [0.15, 0.2) is 0 Å². The summed E-state index contributed by atoms with van der Waals surface area (Å²) in [4.78, 5) is 25.8. The normalized spacial score (nSPS) is 26.1. The quantitative estimate of drug-likeness (QED) is 0.852. The van der Waals surface area contributed by atoms with Crippen molar-refractivity contribution in [3.05, 3.63) is 0 Å². The van der Waals surface area contributed by atoms with Gasteiger partial charge in [0, 0.05) is 19.0 Å². The molecule has 1 saturated heterocycles. The first-order valence-corrected chi connectivity index (χ1v) is 7.49. The lowest BCUT2D eigenvalue weighted by atomic mass is 9.66. The lowest BCUT2D eigenvalue weighted by molar-refractivity contribution is -0.160. The first kappa shape index (κ1) is 14.4. The van der Waals surface area contributed by atoms with Crippen LogP contribution in [-0.2, 0) is 9.59 Å². The van der Waals surface area contributed by atoms with Crippen molar-refractivity contribution in [3.63, 3.8) is 0 Å². The van der Waals surface area contributed by atoms with Crippen molar-refractivity contribution in [2.45, 2.75) is 64.8 Å². The fourth-order valence-electron chi connectivity index (χ4n) is 3.42. The molecular weight excluding hydrogens is 242 g/mol. The fraction of sp³-hybridized carbons (Fsp3) is 0.867. The van der Waals surface area contributed by atoms with Gasteiger partial charge >= 0.3 is 5.97 Å². The molecule has 1 atom stereocenters. The Bertz CT molecular complexity index is 360. The molecule has 1 aliphatic carbocycles. The second kappa shape index (κ2) is 5.51. The summed E-state index contributed by atoms with van der Waals surface area (Å²) in [5.41, 5.74) is -0.754. The Hall–Kier alpha value is -1.06. The van der Waals surface area contributed by atoms with E-state index in [1.165, 1.54) is 6.42 Å². The van der Waals surface area contributed by atoms with Crippen molar-refractivity contribution in [1.82, 2.24) is 4.90 Å². The van der Waals surface area contributed by atoms with Crippen molar-refractivity contribution in [3.8, 4) is 0 Å². The average molecular weight is 267 g/mol. The molecule has 0 aromatic carbocycles. The van der Waals surface area contributed by atoms with Crippen LogP contribution in [0.4, 0.5) is 0 Å². The monoisotopic (exact) mass is 267 g/mol. The maximum atomic E-state index is 12.5. The number of hydrogen-bond donors (Lipinski definition) is 1. The number of likely N-dealkylation sites (tertiary alicyclic amines) is 1. The predicted octanol–water partition coefficient (Wildman–Crippen LogP) is 2.67. The van der Waals surface area contributed by atoms with Gasteiger partial charge in [-0.15, -0.1) is 0 Å². The van der Waals surface area contributed by atoms with Gasteiger partial charge in [-0.2, -0.15) is 0 Å². The number of nitrogens with zero attached hydrogens (tertiary/aromatic N) is 1. The van der Waals surface area contributed by atoms with Crippen LogP contribution in [0.1, 0.15) is 58.8 Å². The van der Waals surface area contributed by atoms with E-state index < -0.39 is 11.4 Å². The third-order valence-corrected chi connectivity index (χ3v) is 4.89. The highest BCUT2D eigenvalue weighted by Gasteiger charge is 2.47. The molecule has 2 fully saturated rings. The molecule has 108 valence electrons. The van der Waals surface area contributed by atoms with Crippen molar-refractivity contribution in [2.24, 2.45) is 11.3 Å². The van der Waals surface area contributed by atoms with E-state index in [4.69, 9.17) is 0 Å². The van der Waals surface area contributed by atoms with Gasteiger partial charge in [0.1, 0.15) is 0 Å². The van der Waals surface area contributed by atoms with Gasteiger partial charge in [-0.25, -0.2) is 0 Å². The van der Waals surface area contributed by atoms with Crippen molar-refractivity contribution >= 4 is 11.9 Å². The Labute approximate surface area is 115 Å². The van der Waals surface area contributed by atoms with Gasteiger partial charge in [0.25, 0.3) is 0 Å². The maximum Gasteiger partial charge on any atom is 0.310 e. The minimum Gasteiger partial charge on any atom is -0.481 e. The molecule has 1 saturated carbocycles. The summed E-state index contributed by atoms with van der Waals surface area (Å²) in [5, 5.41) is 9.34. The molecule has 1 heterocycles. The van der Waals surface area contributed by atoms with Crippen molar-refractivity contribution < 1.29 is 14.7 Å². The van der Waals surface area contributed by atoms with E-state index in [1.54, 1.807) is 0 Å². The molecule has 1 amide bonds. The average Bonchev–Trinajstić information content (AvgIpc) is 2.33. The topological polar surface area (TPSA) is 57.6 Å². The van der Waals surface area contributed by atoms with E-state index in [0.717, 1.165) is 25.8 Å².